The van der Waals surface area contributed by atoms with E-state index in [-0.39, 0.29) is 5.91 Å². The fourth-order valence-electron chi connectivity index (χ4n) is 1.43. The van der Waals surface area contributed by atoms with Gasteiger partial charge in [-0.3, -0.25) is 4.79 Å². The number of carbonyl (C=O) groups excluding carboxylic acids is 1. The normalized spacial score (nSPS) is 9.94. The lowest BCUT2D eigenvalue weighted by Gasteiger charge is -2.09. The lowest BCUT2D eigenvalue weighted by molar-refractivity contribution is -0.118. The summed E-state index contributed by atoms with van der Waals surface area (Å²) in [5.74, 6) is 7.33. The van der Waals surface area contributed by atoms with Crippen LogP contribution in [0.4, 0.5) is 11.6 Å². The van der Waals surface area contributed by atoms with E-state index in [0.717, 1.165) is 18.7 Å². The van der Waals surface area contributed by atoms with Crippen LogP contribution in [0.2, 0.25) is 0 Å². The van der Waals surface area contributed by atoms with Gasteiger partial charge in [0.05, 0.1) is 0 Å². The Morgan fingerprint density at radius 3 is 2.67 bits per heavy atom. The molecule has 1 amide bonds. The van der Waals surface area contributed by atoms with Crippen molar-refractivity contribution in [3.05, 3.63) is 11.9 Å². The molecule has 1 rings (SSSR count). The summed E-state index contributed by atoms with van der Waals surface area (Å²) in [5, 5.41) is 5.81. The second kappa shape index (κ2) is 7.44. The molecule has 0 saturated heterocycles. The van der Waals surface area contributed by atoms with Crippen LogP contribution in [0, 0.1) is 0 Å². The first-order valence-electron chi connectivity index (χ1n) is 5.98. The molecule has 0 aliphatic rings. The zero-order valence-electron chi connectivity index (χ0n) is 10.8. The van der Waals surface area contributed by atoms with Gasteiger partial charge in [-0.05, 0) is 6.42 Å². The molecule has 0 aliphatic heterocycles. The summed E-state index contributed by atoms with van der Waals surface area (Å²) in [6, 6.07) is 1.73. The number of hydrogen-bond acceptors (Lipinski definition) is 6. The molecule has 1 aromatic rings. The van der Waals surface area contributed by atoms with E-state index in [2.05, 4.69) is 33.0 Å². The van der Waals surface area contributed by atoms with Crippen molar-refractivity contribution in [2.24, 2.45) is 5.84 Å². The predicted octanol–water partition coefficient (Wildman–Crippen LogP) is 0.263. The zero-order chi connectivity index (χ0) is 13.4. The Labute approximate surface area is 107 Å². The largest absolute Gasteiger partial charge is 0.368 e. The van der Waals surface area contributed by atoms with Crippen molar-refractivity contribution >= 4 is 17.5 Å². The highest BCUT2D eigenvalue weighted by Crippen LogP contribution is 2.11. The highest BCUT2D eigenvalue weighted by molar-refractivity contribution is 5.72. The maximum absolute atomic E-state index is 10.7. The molecular weight excluding hydrogens is 232 g/mol. The standard InChI is InChI=1S/C11H20N6O/c1-3-4-9-15-10(7-11(16-9)17-12)14-6-5-13-8(2)18/h7H,3-6,12H2,1-2H3,(H,13,18)(H2,14,15,16,17). The predicted molar refractivity (Wildman–Crippen MR) is 71.0 cm³/mol. The van der Waals surface area contributed by atoms with Crippen LogP contribution in [0.1, 0.15) is 26.1 Å². The average Bonchev–Trinajstić information content (AvgIpc) is 2.34. The van der Waals surface area contributed by atoms with E-state index in [1.807, 2.05) is 0 Å². The van der Waals surface area contributed by atoms with Gasteiger partial charge < -0.3 is 16.1 Å². The number of carbonyl (C=O) groups is 1. The molecule has 0 saturated carbocycles. The number of hydrogen-bond donors (Lipinski definition) is 4. The van der Waals surface area contributed by atoms with Crippen molar-refractivity contribution in [1.82, 2.24) is 15.3 Å². The fraction of sp³-hybridized carbons (Fsp3) is 0.545. The van der Waals surface area contributed by atoms with Crippen LogP contribution in [0.15, 0.2) is 6.07 Å². The van der Waals surface area contributed by atoms with Gasteiger partial charge >= 0.3 is 0 Å². The lowest BCUT2D eigenvalue weighted by atomic mass is 10.3. The maximum Gasteiger partial charge on any atom is 0.216 e. The minimum absolute atomic E-state index is 0.0459. The van der Waals surface area contributed by atoms with Crippen molar-refractivity contribution in [3.8, 4) is 0 Å². The van der Waals surface area contributed by atoms with Gasteiger partial charge in [0.25, 0.3) is 0 Å². The van der Waals surface area contributed by atoms with Gasteiger partial charge in [0.2, 0.25) is 5.91 Å². The molecule has 0 fully saturated rings. The Bertz CT molecular complexity index is 395. The molecule has 5 N–H and O–H groups in total. The van der Waals surface area contributed by atoms with Crippen LogP contribution in [0.5, 0.6) is 0 Å². The van der Waals surface area contributed by atoms with Crippen molar-refractivity contribution in [2.45, 2.75) is 26.7 Å². The van der Waals surface area contributed by atoms with Gasteiger partial charge in [-0.1, -0.05) is 6.92 Å². The first-order chi connectivity index (χ1) is 8.65. The molecular formula is C11H20N6O. The number of hydrazine groups is 1. The van der Waals surface area contributed by atoms with Crippen LogP contribution in [0.25, 0.3) is 0 Å². The van der Waals surface area contributed by atoms with E-state index in [9.17, 15) is 4.79 Å². The van der Waals surface area contributed by atoms with Gasteiger partial charge in [0.15, 0.2) is 0 Å². The van der Waals surface area contributed by atoms with Crippen LogP contribution in [-0.2, 0) is 11.2 Å². The van der Waals surface area contributed by atoms with E-state index < -0.39 is 0 Å². The first kappa shape index (κ1) is 14.2. The highest BCUT2D eigenvalue weighted by Gasteiger charge is 2.03. The summed E-state index contributed by atoms with van der Waals surface area (Å²) in [7, 11) is 0. The molecule has 1 aromatic heterocycles. The Kier molecular flexibility index (Phi) is 5.86. The van der Waals surface area contributed by atoms with Gasteiger partial charge in [0, 0.05) is 32.5 Å². The Hall–Kier alpha value is -1.89. The number of nitrogens with one attached hydrogen (secondary N) is 3. The summed E-state index contributed by atoms with van der Waals surface area (Å²) in [6.07, 6.45) is 1.77. The summed E-state index contributed by atoms with van der Waals surface area (Å²) >= 11 is 0. The molecule has 0 aliphatic carbocycles. The number of nitrogen functional groups attached to an aromatic ring is 1. The number of amides is 1. The zero-order valence-corrected chi connectivity index (χ0v) is 10.8. The number of anilines is 2. The Morgan fingerprint density at radius 1 is 1.33 bits per heavy atom. The number of rotatable bonds is 7. The first-order valence-corrected chi connectivity index (χ1v) is 5.98. The molecule has 0 bridgehead atoms. The van der Waals surface area contributed by atoms with E-state index in [4.69, 9.17) is 5.84 Å². The minimum Gasteiger partial charge on any atom is -0.368 e. The molecule has 0 radical (unpaired) electrons. The number of nitrogens with two attached hydrogens (primary N) is 1. The highest BCUT2D eigenvalue weighted by atomic mass is 16.1. The lowest BCUT2D eigenvalue weighted by Crippen LogP contribution is -2.26. The third-order valence-corrected chi connectivity index (χ3v) is 2.20. The van der Waals surface area contributed by atoms with Crippen LogP contribution in [-0.4, -0.2) is 29.0 Å². The van der Waals surface area contributed by atoms with Crippen molar-refractivity contribution < 1.29 is 4.79 Å². The van der Waals surface area contributed by atoms with Crippen molar-refractivity contribution in [3.63, 3.8) is 0 Å². The molecule has 0 aromatic carbocycles. The van der Waals surface area contributed by atoms with Gasteiger partial charge in [-0.2, -0.15) is 0 Å². The third-order valence-electron chi connectivity index (χ3n) is 2.20. The molecule has 7 heteroatoms. The molecule has 18 heavy (non-hydrogen) atoms. The smallest absolute Gasteiger partial charge is 0.216 e. The van der Waals surface area contributed by atoms with Crippen LogP contribution >= 0.6 is 0 Å². The minimum atomic E-state index is -0.0459. The number of aromatic nitrogens is 2. The molecule has 7 nitrogen and oxygen atoms in total. The SMILES string of the molecule is CCCc1nc(NN)cc(NCCNC(C)=O)n1. The second-order valence-corrected chi connectivity index (χ2v) is 3.86. The maximum atomic E-state index is 10.7. The topological polar surface area (TPSA) is 105 Å². The van der Waals surface area contributed by atoms with Gasteiger partial charge in [-0.15, -0.1) is 0 Å². The van der Waals surface area contributed by atoms with Crippen molar-refractivity contribution in [2.75, 3.05) is 23.8 Å². The summed E-state index contributed by atoms with van der Waals surface area (Å²) in [5.41, 5.74) is 2.51. The number of aryl methyl sites for hydroxylation is 1. The monoisotopic (exact) mass is 252 g/mol. The van der Waals surface area contributed by atoms with Crippen molar-refractivity contribution in [1.29, 1.82) is 0 Å². The summed E-state index contributed by atoms with van der Waals surface area (Å²) in [6.45, 7) is 4.70. The average molecular weight is 252 g/mol. The van der Waals surface area contributed by atoms with E-state index >= 15 is 0 Å². The van der Waals surface area contributed by atoms with Crippen LogP contribution < -0.4 is 21.9 Å². The Balaban J connectivity index is 2.57. The second-order valence-electron chi connectivity index (χ2n) is 3.86. The van der Waals surface area contributed by atoms with E-state index in [1.54, 1.807) is 6.07 Å². The molecule has 0 unspecified atom stereocenters. The third kappa shape index (κ3) is 4.96. The molecule has 0 spiro atoms. The summed E-state index contributed by atoms with van der Waals surface area (Å²) < 4.78 is 0. The van der Waals surface area contributed by atoms with Gasteiger partial charge in [-0.25, -0.2) is 15.8 Å². The Morgan fingerprint density at radius 2 is 2.06 bits per heavy atom. The molecule has 100 valence electrons. The van der Waals surface area contributed by atoms with Gasteiger partial charge in [0.1, 0.15) is 17.5 Å². The summed E-state index contributed by atoms with van der Waals surface area (Å²) in [4.78, 5) is 19.3. The van der Waals surface area contributed by atoms with Crippen LogP contribution in [0.3, 0.4) is 0 Å². The molecule has 0 atom stereocenters. The molecule has 1 heterocycles. The number of nitrogens with zero attached hydrogens (tertiary/aromatic N) is 2. The quantitative estimate of drug-likeness (QED) is 0.315. The van der Waals surface area contributed by atoms with E-state index in [1.165, 1.54) is 6.92 Å². The van der Waals surface area contributed by atoms with E-state index in [0.29, 0.717) is 24.7 Å². The fourth-order valence-corrected chi connectivity index (χ4v) is 1.43.